The van der Waals surface area contributed by atoms with E-state index in [4.69, 9.17) is 9.47 Å². The molecule has 190 valence electrons. The SMILES string of the molecule is CCOC(=O)CC[C@@H](NC(=O)[C@@H](NC(=O)C(C)(C)c1ccc(C)cc1)[C@@H](C)CC)C(=O)OCC. The molecule has 1 aromatic carbocycles. The number of carbonyl (C=O) groups excluding carboxylic acids is 4. The number of hydrogen-bond donors (Lipinski definition) is 2. The van der Waals surface area contributed by atoms with E-state index in [0.29, 0.717) is 6.42 Å². The highest BCUT2D eigenvalue weighted by Gasteiger charge is 2.36. The summed E-state index contributed by atoms with van der Waals surface area (Å²) >= 11 is 0. The van der Waals surface area contributed by atoms with Crippen LogP contribution in [0.25, 0.3) is 0 Å². The zero-order valence-electron chi connectivity index (χ0n) is 21.5. The predicted octanol–water partition coefficient (Wildman–Crippen LogP) is 3.19. The van der Waals surface area contributed by atoms with E-state index in [-0.39, 0.29) is 37.9 Å². The summed E-state index contributed by atoms with van der Waals surface area (Å²) in [7, 11) is 0. The lowest BCUT2D eigenvalue weighted by molar-refractivity contribution is -0.149. The van der Waals surface area contributed by atoms with Crippen LogP contribution in [0.1, 0.15) is 71.9 Å². The first-order valence-corrected chi connectivity index (χ1v) is 12.0. The van der Waals surface area contributed by atoms with Gasteiger partial charge in [0, 0.05) is 6.42 Å². The van der Waals surface area contributed by atoms with Crippen molar-refractivity contribution < 1.29 is 28.7 Å². The number of benzene rings is 1. The molecular weight excluding hydrogens is 436 g/mol. The largest absolute Gasteiger partial charge is 0.466 e. The van der Waals surface area contributed by atoms with Gasteiger partial charge in [-0.15, -0.1) is 0 Å². The van der Waals surface area contributed by atoms with E-state index in [1.165, 1.54) is 0 Å². The Morgan fingerprint density at radius 2 is 1.53 bits per heavy atom. The first-order valence-electron chi connectivity index (χ1n) is 12.0. The molecule has 34 heavy (non-hydrogen) atoms. The highest BCUT2D eigenvalue weighted by atomic mass is 16.5. The quantitative estimate of drug-likeness (QED) is 0.423. The number of hydrogen-bond acceptors (Lipinski definition) is 6. The molecule has 0 aliphatic rings. The van der Waals surface area contributed by atoms with Gasteiger partial charge in [-0.3, -0.25) is 14.4 Å². The van der Waals surface area contributed by atoms with Gasteiger partial charge in [0.1, 0.15) is 12.1 Å². The lowest BCUT2D eigenvalue weighted by atomic mass is 9.82. The van der Waals surface area contributed by atoms with Crippen LogP contribution in [-0.2, 0) is 34.1 Å². The van der Waals surface area contributed by atoms with E-state index in [0.717, 1.165) is 11.1 Å². The highest BCUT2D eigenvalue weighted by Crippen LogP contribution is 2.24. The number of esters is 2. The third kappa shape index (κ3) is 8.47. The van der Waals surface area contributed by atoms with Crippen molar-refractivity contribution in [3.8, 4) is 0 Å². The van der Waals surface area contributed by atoms with E-state index in [2.05, 4.69) is 10.6 Å². The van der Waals surface area contributed by atoms with Crippen LogP contribution < -0.4 is 10.6 Å². The molecule has 0 spiro atoms. The maximum atomic E-state index is 13.3. The van der Waals surface area contributed by atoms with Gasteiger partial charge in [-0.25, -0.2) is 4.79 Å². The summed E-state index contributed by atoms with van der Waals surface area (Å²) in [6.07, 6.45) is 0.633. The number of rotatable bonds is 13. The monoisotopic (exact) mass is 476 g/mol. The average molecular weight is 477 g/mol. The molecule has 0 aliphatic heterocycles. The van der Waals surface area contributed by atoms with Gasteiger partial charge in [0.05, 0.1) is 18.6 Å². The Kier molecular flexibility index (Phi) is 11.8. The fourth-order valence-electron chi connectivity index (χ4n) is 3.37. The van der Waals surface area contributed by atoms with Crippen LogP contribution in [0.3, 0.4) is 0 Å². The number of carbonyl (C=O) groups is 4. The summed E-state index contributed by atoms with van der Waals surface area (Å²) < 4.78 is 9.99. The lowest BCUT2D eigenvalue weighted by Crippen LogP contribution is -2.56. The van der Waals surface area contributed by atoms with Gasteiger partial charge in [0.25, 0.3) is 0 Å². The molecule has 2 amide bonds. The minimum Gasteiger partial charge on any atom is -0.466 e. The van der Waals surface area contributed by atoms with Gasteiger partial charge < -0.3 is 20.1 Å². The van der Waals surface area contributed by atoms with Gasteiger partial charge >= 0.3 is 11.9 Å². The number of ether oxygens (including phenoxy) is 2. The molecule has 3 atom stereocenters. The number of amides is 2. The second-order valence-corrected chi connectivity index (χ2v) is 8.98. The molecule has 0 saturated heterocycles. The standard InChI is InChI=1S/C26H40N2O6/c1-8-18(5)22(28-25(32)26(6,7)19-13-11-17(4)12-14-19)23(30)27-20(24(31)34-10-3)15-16-21(29)33-9-2/h11-14,18,20,22H,8-10,15-16H2,1-7H3,(H,27,30)(H,28,32)/t18-,20+,22-/m0/s1. The lowest BCUT2D eigenvalue weighted by Gasteiger charge is -2.31. The summed E-state index contributed by atoms with van der Waals surface area (Å²) in [6.45, 7) is 13.1. The minimum atomic E-state index is -1.02. The van der Waals surface area contributed by atoms with Crippen molar-refractivity contribution in [2.45, 2.75) is 85.2 Å². The third-order valence-corrected chi connectivity index (χ3v) is 5.95. The molecule has 0 heterocycles. The first kappa shape index (κ1) is 29.1. The average Bonchev–Trinajstić information content (AvgIpc) is 2.79. The summed E-state index contributed by atoms with van der Waals surface area (Å²) in [5.41, 5.74) is 1.05. The topological polar surface area (TPSA) is 111 Å². The van der Waals surface area contributed by atoms with Crippen LogP contribution in [0.5, 0.6) is 0 Å². The fraction of sp³-hybridized carbons (Fsp3) is 0.615. The molecule has 8 nitrogen and oxygen atoms in total. The Bertz CT molecular complexity index is 834. The molecule has 0 bridgehead atoms. The second kappa shape index (κ2) is 13.7. The summed E-state index contributed by atoms with van der Waals surface area (Å²) in [4.78, 5) is 50.7. The van der Waals surface area contributed by atoms with Gasteiger partial charge in [-0.2, -0.15) is 0 Å². The molecule has 1 rings (SSSR count). The van der Waals surface area contributed by atoms with E-state index in [9.17, 15) is 19.2 Å². The Labute approximate surface area is 203 Å². The normalized spacial score (nSPS) is 13.9. The van der Waals surface area contributed by atoms with Gasteiger partial charge in [0.2, 0.25) is 11.8 Å². The summed E-state index contributed by atoms with van der Waals surface area (Å²) in [6, 6.07) is 5.80. The van der Waals surface area contributed by atoms with Crippen molar-refractivity contribution in [1.29, 1.82) is 0 Å². The van der Waals surface area contributed by atoms with Crippen molar-refractivity contribution in [3.63, 3.8) is 0 Å². The van der Waals surface area contributed by atoms with E-state index >= 15 is 0 Å². The smallest absolute Gasteiger partial charge is 0.328 e. The van der Waals surface area contributed by atoms with Crippen molar-refractivity contribution in [2.24, 2.45) is 5.92 Å². The summed E-state index contributed by atoms with van der Waals surface area (Å²) in [5.74, 6) is -2.07. The fourth-order valence-corrected chi connectivity index (χ4v) is 3.37. The molecule has 0 fully saturated rings. The Balaban J connectivity index is 3.04. The minimum absolute atomic E-state index is 0.0411. The molecule has 0 aromatic heterocycles. The van der Waals surface area contributed by atoms with E-state index < -0.39 is 35.3 Å². The third-order valence-electron chi connectivity index (χ3n) is 5.95. The molecular formula is C26H40N2O6. The van der Waals surface area contributed by atoms with Crippen LogP contribution in [0, 0.1) is 12.8 Å². The van der Waals surface area contributed by atoms with Gasteiger partial charge in [0.15, 0.2) is 0 Å². The predicted molar refractivity (Wildman–Crippen MR) is 130 cm³/mol. The second-order valence-electron chi connectivity index (χ2n) is 8.98. The van der Waals surface area contributed by atoms with Gasteiger partial charge in [-0.05, 0) is 52.5 Å². The van der Waals surface area contributed by atoms with Crippen LogP contribution in [-0.4, -0.2) is 49.1 Å². The van der Waals surface area contributed by atoms with Crippen molar-refractivity contribution in [3.05, 3.63) is 35.4 Å². The zero-order chi connectivity index (χ0) is 25.9. The van der Waals surface area contributed by atoms with Crippen molar-refractivity contribution in [2.75, 3.05) is 13.2 Å². The van der Waals surface area contributed by atoms with Gasteiger partial charge in [-0.1, -0.05) is 50.1 Å². The van der Waals surface area contributed by atoms with Crippen molar-refractivity contribution in [1.82, 2.24) is 10.6 Å². The molecule has 0 saturated carbocycles. The summed E-state index contributed by atoms with van der Waals surface area (Å²) in [5, 5.41) is 5.57. The van der Waals surface area contributed by atoms with Crippen LogP contribution in [0.15, 0.2) is 24.3 Å². The molecule has 0 unspecified atom stereocenters. The van der Waals surface area contributed by atoms with E-state index in [1.54, 1.807) is 27.7 Å². The maximum Gasteiger partial charge on any atom is 0.328 e. The highest BCUT2D eigenvalue weighted by molar-refractivity contribution is 5.94. The first-order chi connectivity index (χ1) is 16.0. The van der Waals surface area contributed by atoms with E-state index in [1.807, 2.05) is 45.0 Å². The Morgan fingerprint density at radius 1 is 0.941 bits per heavy atom. The van der Waals surface area contributed by atoms with Crippen LogP contribution in [0.4, 0.5) is 0 Å². The number of aryl methyl sites for hydroxylation is 1. The van der Waals surface area contributed by atoms with Crippen LogP contribution in [0.2, 0.25) is 0 Å². The maximum absolute atomic E-state index is 13.3. The molecule has 0 radical (unpaired) electrons. The Hall–Kier alpha value is -2.90. The zero-order valence-corrected chi connectivity index (χ0v) is 21.5. The molecule has 1 aromatic rings. The Morgan fingerprint density at radius 3 is 2.06 bits per heavy atom. The number of nitrogens with one attached hydrogen (secondary N) is 2. The van der Waals surface area contributed by atoms with Crippen LogP contribution >= 0.6 is 0 Å². The molecule has 2 N–H and O–H groups in total. The molecule has 8 heteroatoms. The van der Waals surface area contributed by atoms with Crippen molar-refractivity contribution >= 4 is 23.8 Å². The molecule has 0 aliphatic carbocycles.